The molecule has 0 radical (unpaired) electrons. The van der Waals surface area contributed by atoms with Gasteiger partial charge in [0.25, 0.3) is 5.91 Å². The number of halogens is 3. The zero-order valence-corrected chi connectivity index (χ0v) is 17.8. The molecule has 1 heterocycles. The second-order valence-corrected chi connectivity index (χ2v) is 8.23. The van der Waals surface area contributed by atoms with Gasteiger partial charge in [-0.1, -0.05) is 54.6 Å². The molecular formula is C26H25F3N2O. The number of hydrogen-bond donors (Lipinski definition) is 0. The Hall–Kier alpha value is -3.12. The van der Waals surface area contributed by atoms with E-state index in [4.69, 9.17) is 0 Å². The molecule has 32 heavy (non-hydrogen) atoms. The molecule has 0 aliphatic carbocycles. The Labute approximate surface area is 186 Å². The molecule has 4 rings (SSSR count). The number of benzene rings is 3. The molecule has 1 aliphatic heterocycles. The molecule has 1 amide bonds. The second kappa shape index (κ2) is 9.17. The SMILES string of the molecule is CN(C(=O)c1ccc(-c2ccc(C(F)(F)F)cc2)cc1)[C@H]1CCN(Cc2ccccc2)C1. The third-order valence-electron chi connectivity index (χ3n) is 6.04. The largest absolute Gasteiger partial charge is 0.416 e. The summed E-state index contributed by atoms with van der Waals surface area (Å²) in [6.45, 7) is 2.66. The van der Waals surface area contributed by atoms with E-state index in [1.807, 2.05) is 25.2 Å². The molecule has 0 aromatic heterocycles. The fourth-order valence-electron chi connectivity index (χ4n) is 4.14. The van der Waals surface area contributed by atoms with Gasteiger partial charge >= 0.3 is 6.18 Å². The van der Waals surface area contributed by atoms with Crippen molar-refractivity contribution in [1.82, 2.24) is 9.80 Å². The molecule has 0 N–H and O–H groups in total. The van der Waals surface area contributed by atoms with E-state index in [1.165, 1.54) is 17.7 Å². The monoisotopic (exact) mass is 438 g/mol. The summed E-state index contributed by atoms with van der Waals surface area (Å²) in [7, 11) is 1.84. The van der Waals surface area contributed by atoms with Crippen LogP contribution < -0.4 is 0 Å². The van der Waals surface area contributed by atoms with Crippen molar-refractivity contribution >= 4 is 5.91 Å². The summed E-state index contributed by atoms with van der Waals surface area (Å²) in [6, 6.07) is 22.5. The lowest BCUT2D eigenvalue weighted by Crippen LogP contribution is -2.38. The van der Waals surface area contributed by atoms with E-state index in [0.717, 1.165) is 43.8 Å². The van der Waals surface area contributed by atoms with Crippen LogP contribution >= 0.6 is 0 Å². The van der Waals surface area contributed by atoms with Gasteiger partial charge in [-0.2, -0.15) is 13.2 Å². The van der Waals surface area contributed by atoms with Crippen LogP contribution in [0.25, 0.3) is 11.1 Å². The second-order valence-electron chi connectivity index (χ2n) is 8.23. The third kappa shape index (κ3) is 5.02. The first-order chi connectivity index (χ1) is 15.3. The van der Waals surface area contributed by atoms with Crippen molar-refractivity contribution in [3.05, 3.63) is 95.6 Å². The minimum absolute atomic E-state index is 0.0458. The van der Waals surface area contributed by atoms with Crippen molar-refractivity contribution < 1.29 is 18.0 Å². The lowest BCUT2D eigenvalue weighted by atomic mass is 10.0. The minimum atomic E-state index is -4.35. The Bertz CT molecular complexity index is 1050. The fourth-order valence-corrected chi connectivity index (χ4v) is 4.14. The van der Waals surface area contributed by atoms with E-state index in [-0.39, 0.29) is 11.9 Å². The summed E-state index contributed by atoms with van der Waals surface area (Å²) in [5, 5.41) is 0. The van der Waals surface area contributed by atoms with E-state index in [1.54, 1.807) is 29.2 Å². The number of likely N-dealkylation sites (N-methyl/N-ethyl adjacent to an activating group) is 1. The topological polar surface area (TPSA) is 23.6 Å². The molecule has 6 heteroatoms. The molecular weight excluding hydrogens is 413 g/mol. The number of likely N-dealkylation sites (tertiary alicyclic amines) is 1. The Morgan fingerprint density at radius 3 is 2.12 bits per heavy atom. The summed E-state index contributed by atoms with van der Waals surface area (Å²) in [4.78, 5) is 17.1. The molecule has 1 atom stereocenters. The summed E-state index contributed by atoms with van der Waals surface area (Å²) in [5.41, 5.74) is 2.61. The van der Waals surface area contributed by atoms with Gasteiger partial charge in [0.2, 0.25) is 0 Å². The van der Waals surface area contributed by atoms with E-state index >= 15 is 0 Å². The number of carbonyl (C=O) groups excluding carboxylic acids is 1. The van der Waals surface area contributed by atoms with E-state index in [0.29, 0.717) is 11.1 Å². The average molecular weight is 438 g/mol. The van der Waals surface area contributed by atoms with Gasteiger partial charge in [0.1, 0.15) is 0 Å². The first-order valence-corrected chi connectivity index (χ1v) is 10.6. The van der Waals surface area contributed by atoms with Gasteiger partial charge < -0.3 is 4.90 Å². The van der Waals surface area contributed by atoms with E-state index in [9.17, 15) is 18.0 Å². The standard InChI is InChI=1S/C26H25F3N2O/c1-30(24-15-16-31(18-24)17-19-5-3-2-4-6-19)25(32)22-9-7-20(8-10-22)21-11-13-23(14-12-21)26(27,28)29/h2-14,24H,15-18H2,1H3/t24-/m0/s1. The van der Waals surface area contributed by atoms with Gasteiger partial charge in [0.15, 0.2) is 0 Å². The molecule has 3 aromatic rings. The fraction of sp³-hybridized carbons (Fsp3) is 0.269. The smallest absolute Gasteiger partial charge is 0.337 e. The zero-order chi connectivity index (χ0) is 22.7. The maximum absolute atomic E-state index is 13.0. The maximum atomic E-state index is 13.0. The van der Waals surface area contributed by atoms with Crippen LogP contribution in [0.2, 0.25) is 0 Å². The quantitative estimate of drug-likeness (QED) is 0.509. The predicted molar refractivity (Wildman–Crippen MR) is 119 cm³/mol. The van der Waals surface area contributed by atoms with Gasteiger partial charge in [-0.25, -0.2) is 0 Å². The molecule has 3 aromatic carbocycles. The van der Waals surface area contributed by atoms with Gasteiger partial charge in [-0.05, 0) is 47.4 Å². The highest BCUT2D eigenvalue weighted by atomic mass is 19.4. The number of carbonyl (C=O) groups is 1. The third-order valence-corrected chi connectivity index (χ3v) is 6.04. The molecule has 0 saturated carbocycles. The van der Waals surface area contributed by atoms with Crippen molar-refractivity contribution in [1.29, 1.82) is 0 Å². The van der Waals surface area contributed by atoms with E-state index in [2.05, 4.69) is 17.0 Å². The van der Waals surface area contributed by atoms with Crippen molar-refractivity contribution in [3.8, 4) is 11.1 Å². The molecule has 0 bridgehead atoms. The lowest BCUT2D eigenvalue weighted by Gasteiger charge is -2.25. The number of nitrogens with zero attached hydrogens (tertiary/aromatic N) is 2. The van der Waals surface area contributed by atoms with Crippen LogP contribution in [0.15, 0.2) is 78.9 Å². The van der Waals surface area contributed by atoms with Crippen LogP contribution in [0.1, 0.15) is 27.9 Å². The Morgan fingerprint density at radius 1 is 0.938 bits per heavy atom. The van der Waals surface area contributed by atoms with Crippen LogP contribution in [0, 0.1) is 0 Å². The van der Waals surface area contributed by atoms with Crippen LogP contribution in [0.3, 0.4) is 0 Å². The van der Waals surface area contributed by atoms with Crippen molar-refractivity contribution in [2.45, 2.75) is 25.2 Å². The first kappa shape index (κ1) is 22.1. The summed E-state index contributed by atoms with van der Waals surface area (Å²) in [6.07, 6.45) is -3.42. The van der Waals surface area contributed by atoms with Crippen LogP contribution in [0.4, 0.5) is 13.2 Å². The number of amides is 1. The van der Waals surface area contributed by atoms with Gasteiger partial charge in [0, 0.05) is 38.3 Å². The zero-order valence-electron chi connectivity index (χ0n) is 17.8. The normalized spacial score (nSPS) is 16.8. The highest BCUT2D eigenvalue weighted by Crippen LogP contribution is 2.31. The molecule has 0 unspecified atom stereocenters. The van der Waals surface area contributed by atoms with Gasteiger partial charge in [0.05, 0.1) is 5.56 Å². The molecule has 1 fully saturated rings. The van der Waals surface area contributed by atoms with Crippen molar-refractivity contribution in [2.75, 3.05) is 20.1 Å². The number of rotatable bonds is 5. The summed E-state index contributed by atoms with van der Waals surface area (Å²) in [5.74, 6) is -0.0458. The molecule has 1 aliphatic rings. The maximum Gasteiger partial charge on any atom is 0.416 e. The van der Waals surface area contributed by atoms with Crippen molar-refractivity contribution in [3.63, 3.8) is 0 Å². The molecule has 1 saturated heterocycles. The Kier molecular flexibility index (Phi) is 6.33. The first-order valence-electron chi connectivity index (χ1n) is 10.6. The van der Waals surface area contributed by atoms with Gasteiger partial charge in [-0.15, -0.1) is 0 Å². The molecule has 3 nitrogen and oxygen atoms in total. The predicted octanol–water partition coefficient (Wildman–Crippen LogP) is 5.72. The van der Waals surface area contributed by atoms with Crippen LogP contribution in [-0.2, 0) is 12.7 Å². The van der Waals surface area contributed by atoms with Crippen LogP contribution in [-0.4, -0.2) is 41.9 Å². The minimum Gasteiger partial charge on any atom is -0.337 e. The van der Waals surface area contributed by atoms with E-state index < -0.39 is 11.7 Å². The highest BCUT2D eigenvalue weighted by molar-refractivity contribution is 5.94. The van der Waals surface area contributed by atoms with Crippen LogP contribution in [0.5, 0.6) is 0 Å². The number of alkyl halides is 3. The van der Waals surface area contributed by atoms with Crippen molar-refractivity contribution in [2.24, 2.45) is 0 Å². The summed E-state index contributed by atoms with van der Waals surface area (Å²) >= 11 is 0. The highest BCUT2D eigenvalue weighted by Gasteiger charge is 2.30. The average Bonchev–Trinajstić information content (AvgIpc) is 3.27. The Morgan fingerprint density at radius 2 is 1.53 bits per heavy atom. The molecule has 166 valence electrons. The number of hydrogen-bond acceptors (Lipinski definition) is 2. The lowest BCUT2D eigenvalue weighted by molar-refractivity contribution is -0.137. The molecule has 0 spiro atoms. The summed E-state index contributed by atoms with van der Waals surface area (Å²) < 4.78 is 38.3. The van der Waals surface area contributed by atoms with Gasteiger partial charge in [-0.3, -0.25) is 9.69 Å². The Balaban J connectivity index is 1.38.